The highest BCUT2D eigenvalue weighted by atomic mass is 19.1. The molecule has 2 aromatic carbocycles. The number of benzene rings is 2. The Hall–Kier alpha value is -3.81. The summed E-state index contributed by atoms with van der Waals surface area (Å²) in [5.74, 6) is -1.49. The molecule has 3 aromatic rings. The summed E-state index contributed by atoms with van der Waals surface area (Å²) in [7, 11) is 0. The number of carbonyl (C=O) groups is 2. The summed E-state index contributed by atoms with van der Waals surface area (Å²) in [4.78, 5) is 32.7. The Bertz CT molecular complexity index is 1010. The lowest BCUT2D eigenvalue weighted by Gasteiger charge is -2.11. The van der Waals surface area contributed by atoms with Crippen LogP contribution in [0.15, 0.2) is 60.8 Å². The molecule has 8 heteroatoms. The fourth-order valence-electron chi connectivity index (χ4n) is 2.39. The molecule has 0 aliphatic heterocycles. The summed E-state index contributed by atoms with van der Waals surface area (Å²) in [6.45, 7) is 1.92. The van der Waals surface area contributed by atoms with E-state index in [1.165, 1.54) is 24.4 Å². The van der Waals surface area contributed by atoms with E-state index in [2.05, 4.69) is 20.6 Å². The maximum absolute atomic E-state index is 13.8. The summed E-state index contributed by atoms with van der Waals surface area (Å²) in [6.07, 6.45) is 1.38. The number of carbonyl (C=O) groups excluding carboxylic acids is 2. The molecule has 142 valence electrons. The minimum absolute atomic E-state index is 0.0486. The fraction of sp³-hybridized carbons (Fsp3) is 0.100. The van der Waals surface area contributed by atoms with E-state index in [9.17, 15) is 14.0 Å². The van der Waals surface area contributed by atoms with Crippen LogP contribution in [0.25, 0.3) is 0 Å². The predicted octanol–water partition coefficient (Wildman–Crippen LogP) is 3.79. The molecular formula is C20H17FN4O3. The zero-order valence-corrected chi connectivity index (χ0v) is 15.0. The van der Waals surface area contributed by atoms with Gasteiger partial charge in [-0.15, -0.1) is 0 Å². The number of esters is 1. The van der Waals surface area contributed by atoms with Crippen molar-refractivity contribution in [3.8, 4) is 0 Å². The molecule has 0 saturated carbocycles. The minimum atomic E-state index is -0.546. The summed E-state index contributed by atoms with van der Waals surface area (Å²) >= 11 is 0. The second kappa shape index (κ2) is 8.72. The maximum atomic E-state index is 13.8. The largest absolute Gasteiger partial charge is 0.462 e. The third-order valence-electron chi connectivity index (χ3n) is 3.68. The van der Waals surface area contributed by atoms with Crippen molar-refractivity contribution < 1.29 is 18.7 Å². The zero-order valence-electron chi connectivity index (χ0n) is 15.0. The molecule has 28 heavy (non-hydrogen) atoms. The van der Waals surface area contributed by atoms with Crippen LogP contribution in [-0.2, 0) is 4.74 Å². The average Bonchev–Trinajstić information content (AvgIpc) is 2.70. The molecular weight excluding hydrogens is 363 g/mol. The summed E-state index contributed by atoms with van der Waals surface area (Å²) in [6, 6.07) is 14.0. The normalized spacial score (nSPS) is 10.2. The monoisotopic (exact) mass is 380 g/mol. The number of halogens is 1. The first-order chi connectivity index (χ1) is 13.6. The molecule has 1 aromatic heterocycles. The van der Waals surface area contributed by atoms with Gasteiger partial charge in [-0.2, -0.15) is 0 Å². The number of para-hydroxylation sites is 2. The highest BCUT2D eigenvalue weighted by molar-refractivity contribution is 6.07. The number of nitrogens with zero attached hydrogens (tertiary/aromatic N) is 2. The molecule has 0 aliphatic rings. The molecule has 2 N–H and O–H groups in total. The third-order valence-corrected chi connectivity index (χ3v) is 3.68. The van der Waals surface area contributed by atoms with Crippen molar-refractivity contribution >= 4 is 29.2 Å². The number of aromatic nitrogens is 2. The Labute approximate surface area is 160 Å². The molecule has 1 amide bonds. The van der Waals surface area contributed by atoms with E-state index in [1.54, 1.807) is 43.3 Å². The Morgan fingerprint density at radius 3 is 2.50 bits per heavy atom. The van der Waals surface area contributed by atoms with Crippen LogP contribution >= 0.6 is 0 Å². The number of nitrogens with one attached hydrogen (secondary N) is 2. The molecule has 3 rings (SSSR count). The molecule has 0 saturated heterocycles. The first kappa shape index (κ1) is 19.0. The first-order valence-corrected chi connectivity index (χ1v) is 8.50. The number of hydrogen-bond donors (Lipinski definition) is 2. The van der Waals surface area contributed by atoms with Gasteiger partial charge < -0.3 is 15.4 Å². The first-order valence-electron chi connectivity index (χ1n) is 8.50. The van der Waals surface area contributed by atoms with Crippen molar-refractivity contribution in [3.63, 3.8) is 0 Å². The second-order valence-corrected chi connectivity index (χ2v) is 5.59. The maximum Gasteiger partial charge on any atom is 0.340 e. The zero-order chi connectivity index (χ0) is 19.9. The number of amides is 1. The topological polar surface area (TPSA) is 93.2 Å². The second-order valence-electron chi connectivity index (χ2n) is 5.59. The number of hydrogen-bond acceptors (Lipinski definition) is 6. The van der Waals surface area contributed by atoms with E-state index in [4.69, 9.17) is 4.74 Å². The van der Waals surface area contributed by atoms with E-state index in [1.807, 2.05) is 0 Å². The van der Waals surface area contributed by atoms with Gasteiger partial charge in [0.25, 0.3) is 5.91 Å². The van der Waals surface area contributed by atoms with Gasteiger partial charge in [0, 0.05) is 6.20 Å². The molecule has 7 nitrogen and oxygen atoms in total. The van der Waals surface area contributed by atoms with Crippen LogP contribution in [0.2, 0.25) is 0 Å². The van der Waals surface area contributed by atoms with Crippen molar-refractivity contribution in [1.82, 2.24) is 9.97 Å². The predicted molar refractivity (Wildman–Crippen MR) is 102 cm³/mol. The highest BCUT2D eigenvalue weighted by Crippen LogP contribution is 2.19. The summed E-state index contributed by atoms with van der Waals surface area (Å²) < 4.78 is 18.8. The number of rotatable bonds is 6. The molecule has 1 heterocycles. The van der Waals surface area contributed by atoms with Crippen molar-refractivity contribution in [3.05, 3.63) is 77.9 Å². The van der Waals surface area contributed by atoms with Gasteiger partial charge >= 0.3 is 5.97 Å². The third kappa shape index (κ3) is 4.47. The van der Waals surface area contributed by atoms with E-state index < -0.39 is 17.7 Å². The van der Waals surface area contributed by atoms with Crippen molar-refractivity contribution in [2.75, 3.05) is 17.2 Å². The lowest BCUT2D eigenvalue weighted by Crippen LogP contribution is -2.17. The van der Waals surface area contributed by atoms with Gasteiger partial charge in [0.2, 0.25) is 5.95 Å². The molecule has 0 atom stereocenters. The quantitative estimate of drug-likeness (QED) is 0.632. The van der Waals surface area contributed by atoms with Gasteiger partial charge in [0.05, 0.1) is 23.5 Å². The van der Waals surface area contributed by atoms with Crippen molar-refractivity contribution in [2.45, 2.75) is 6.92 Å². The molecule has 0 fully saturated rings. The lowest BCUT2D eigenvalue weighted by molar-refractivity contribution is 0.0527. The molecule has 0 unspecified atom stereocenters. The summed E-state index contributed by atoms with van der Waals surface area (Å²) in [5, 5.41) is 5.36. The Morgan fingerprint density at radius 2 is 1.75 bits per heavy atom. The van der Waals surface area contributed by atoms with Gasteiger partial charge in [-0.3, -0.25) is 4.79 Å². The van der Waals surface area contributed by atoms with Crippen LogP contribution in [0.3, 0.4) is 0 Å². The molecule has 0 aliphatic carbocycles. The van der Waals surface area contributed by atoms with Crippen molar-refractivity contribution in [2.24, 2.45) is 0 Å². The van der Waals surface area contributed by atoms with Gasteiger partial charge in [0.15, 0.2) is 0 Å². The Kier molecular flexibility index (Phi) is 5.91. The van der Waals surface area contributed by atoms with Gasteiger partial charge in [-0.1, -0.05) is 24.3 Å². The van der Waals surface area contributed by atoms with E-state index in [0.717, 1.165) is 0 Å². The molecule has 0 bridgehead atoms. The van der Waals surface area contributed by atoms with E-state index >= 15 is 0 Å². The van der Waals surface area contributed by atoms with E-state index in [-0.39, 0.29) is 29.5 Å². The number of anilines is 3. The van der Waals surface area contributed by atoms with Crippen LogP contribution < -0.4 is 10.6 Å². The van der Waals surface area contributed by atoms with Gasteiger partial charge in [-0.25, -0.2) is 19.2 Å². The lowest BCUT2D eigenvalue weighted by atomic mass is 10.1. The van der Waals surface area contributed by atoms with Crippen LogP contribution in [0.1, 0.15) is 27.8 Å². The minimum Gasteiger partial charge on any atom is -0.462 e. The van der Waals surface area contributed by atoms with Crippen molar-refractivity contribution in [1.29, 1.82) is 0 Å². The standard InChI is InChI=1S/C20H17FN4O3/c1-2-28-19(27)13-7-3-5-9-15(13)23-18(26)17-11-12-22-20(25-17)24-16-10-6-4-8-14(16)21/h3-12H,2H2,1H3,(H,23,26)(H,22,24,25). The molecule has 0 spiro atoms. The van der Waals surface area contributed by atoms with E-state index in [0.29, 0.717) is 5.69 Å². The highest BCUT2D eigenvalue weighted by Gasteiger charge is 2.16. The Balaban J connectivity index is 1.79. The van der Waals surface area contributed by atoms with Gasteiger partial charge in [-0.05, 0) is 37.3 Å². The van der Waals surface area contributed by atoms with Crippen LogP contribution in [0.5, 0.6) is 0 Å². The SMILES string of the molecule is CCOC(=O)c1ccccc1NC(=O)c1ccnc(Nc2ccccc2F)n1. The number of ether oxygens (including phenoxy) is 1. The Morgan fingerprint density at radius 1 is 1.04 bits per heavy atom. The smallest absolute Gasteiger partial charge is 0.340 e. The van der Waals surface area contributed by atoms with Crippen LogP contribution in [0.4, 0.5) is 21.7 Å². The van der Waals surface area contributed by atoms with Crippen LogP contribution in [0, 0.1) is 5.82 Å². The molecule has 0 radical (unpaired) electrons. The van der Waals surface area contributed by atoms with Crippen LogP contribution in [-0.4, -0.2) is 28.5 Å². The summed E-state index contributed by atoms with van der Waals surface area (Å²) in [5.41, 5.74) is 0.768. The fourth-order valence-corrected chi connectivity index (χ4v) is 2.39. The average molecular weight is 380 g/mol. The van der Waals surface area contributed by atoms with Gasteiger partial charge in [0.1, 0.15) is 11.5 Å².